The van der Waals surface area contributed by atoms with Gasteiger partial charge in [-0.1, -0.05) is 0 Å². The van der Waals surface area contributed by atoms with E-state index in [9.17, 15) is 4.79 Å². The first-order valence-electron chi connectivity index (χ1n) is 5.51. The predicted molar refractivity (Wildman–Crippen MR) is 63.9 cm³/mol. The Hall–Kier alpha value is -1.97. The summed E-state index contributed by atoms with van der Waals surface area (Å²) in [6.07, 6.45) is 1.62. The van der Waals surface area contributed by atoms with Crippen molar-refractivity contribution in [1.82, 2.24) is 4.57 Å². The summed E-state index contributed by atoms with van der Waals surface area (Å²) in [7, 11) is 1.39. The molecule has 2 heterocycles. The van der Waals surface area contributed by atoms with Crippen LogP contribution in [-0.4, -0.2) is 17.6 Å². The molecule has 0 N–H and O–H groups in total. The van der Waals surface area contributed by atoms with Crippen molar-refractivity contribution in [1.29, 1.82) is 0 Å². The smallest absolute Gasteiger partial charge is 0.339 e. The molecule has 0 fully saturated rings. The van der Waals surface area contributed by atoms with Gasteiger partial charge >= 0.3 is 5.97 Å². The number of furan rings is 1. The maximum atomic E-state index is 11.6. The van der Waals surface area contributed by atoms with Gasteiger partial charge in [-0.05, 0) is 32.0 Å². The average molecular weight is 233 g/mol. The minimum absolute atomic E-state index is 0.317. The Kier molecular flexibility index (Phi) is 3.04. The summed E-state index contributed by atoms with van der Waals surface area (Å²) in [5.41, 5.74) is 2.38. The van der Waals surface area contributed by atoms with Crippen LogP contribution in [0.25, 0.3) is 11.5 Å². The number of aromatic nitrogens is 1. The highest BCUT2D eigenvalue weighted by atomic mass is 16.5. The van der Waals surface area contributed by atoms with Gasteiger partial charge in [0.1, 0.15) is 5.76 Å². The molecule has 0 radical (unpaired) electrons. The normalized spacial score (nSPS) is 10.5. The molecule has 17 heavy (non-hydrogen) atoms. The zero-order valence-electron chi connectivity index (χ0n) is 10.2. The first-order valence-corrected chi connectivity index (χ1v) is 5.51. The molecular weight excluding hydrogens is 218 g/mol. The molecule has 0 amide bonds. The van der Waals surface area contributed by atoms with Gasteiger partial charge < -0.3 is 13.7 Å². The van der Waals surface area contributed by atoms with Crippen LogP contribution in [0.3, 0.4) is 0 Å². The van der Waals surface area contributed by atoms with Gasteiger partial charge in [-0.3, -0.25) is 0 Å². The van der Waals surface area contributed by atoms with Crippen LogP contribution in [0.5, 0.6) is 0 Å². The van der Waals surface area contributed by atoms with E-state index in [0.29, 0.717) is 5.56 Å². The molecule has 4 nitrogen and oxygen atoms in total. The number of carbonyl (C=O) groups excluding carboxylic acids is 1. The Labute approximate surface area is 99.8 Å². The molecule has 2 aromatic heterocycles. The van der Waals surface area contributed by atoms with E-state index in [1.54, 1.807) is 6.26 Å². The second-order valence-corrected chi connectivity index (χ2v) is 3.74. The van der Waals surface area contributed by atoms with Crippen molar-refractivity contribution in [3.05, 3.63) is 35.7 Å². The third-order valence-electron chi connectivity index (χ3n) is 2.86. The molecule has 0 saturated heterocycles. The highest BCUT2D eigenvalue weighted by molar-refractivity contribution is 5.92. The Morgan fingerprint density at radius 2 is 2.29 bits per heavy atom. The summed E-state index contributed by atoms with van der Waals surface area (Å²) in [6, 6.07) is 5.51. The first-order chi connectivity index (χ1) is 8.19. The third kappa shape index (κ3) is 1.86. The molecule has 0 unspecified atom stereocenters. The molecule has 0 spiro atoms. The van der Waals surface area contributed by atoms with Crippen LogP contribution in [0.15, 0.2) is 28.9 Å². The second kappa shape index (κ2) is 4.49. The molecule has 0 bridgehead atoms. The lowest BCUT2D eigenvalue weighted by Crippen LogP contribution is -2.04. The number of hydrogen-bond acceptors (Lipinski definition) is 3. The summed E-state index contributed by atoms with van der Waals surface area (Å²) in [6.45, 7) is 4.71. The Bertz CT molecular complexity index is 523. The fraction of sp³-hybridized carbons (Fsp3) is 0.308. The molecule has 0 aliphatic heterocycles. The van der Waals surface area contributed by atoms with Crippen LogP contribution in [0.4, 0.5) is 0 Å². The Morgan fingerprint density at radius 3 is 2.82 bits per heavy atom. The van der Waals surface area contributed by atoms with Crippen molar-refractivity contribution in [2.45, 2.75) is 20.4 Å². The summed E-state index contributed by atoms with van der Waals surface area (Å²) < 4.78 is 12.2. The SMILES string of the molecule is CCn1c(-c2ccco2)cc(C(=O)OC)c1C. The monoisotopic (exact) mass is 233 g/mol. The molecule has 90 valence electrons. The Morgan fingerprint density at radius 1 is 1.53 bits per heavy atom. The van der Waals surface area contributed by atoms with Gasteiger partial charge in [0, 0.05) is 12.2 Å². The number of ether oxygens (including phenoxy) is 1. The van der Waals surface area contributed by atoms with E-state index < -0.39 is 0 Å². The summed E-state index contributed by atoms with van der Waals surface area (Å²) >= 11 is 0. The fourth-order valence-corrected chi connectivity index (χ4v) is 2.00. The predicted octanol–water partition coefficient (Wildman–Crippen LogP) is 2.86. The van der Waals surface area contributed by atoms with E-state index in [4.69, 9.17) is 9.15 Å². The number of hydrogen-bond donors (Lipinski definition) is 0. The summed E-state index contributed by atoms with van der Waals surface area (Å²) in [4.78, 5) is 11.6. The zero-order valence-corrected chi connectivity index (χ0v) is 10.2. The number of rotatable bonds is 3. The van der Waals surface area contributed by atoms with Gasteiger partial charge in [-0.25, -0.2) is 4.79 Å². The molecule has 0 saturated carbocycles. The van der Waals surface area contributed by atoms with E-state index in [0.717, 1.165) is 23.7 Å². The van der Waals surface area contributed by atoms with E-state index in [-0.39, 0.29) is 5.97 Å². The highest BCUT2D eigenvalue weighted by Gasteiger charge is 2.19. The quantitative estimate of drug-likeness (QED) is 0.766. The van der Waals surface area contributed by atoms with Crippen LogP contribution in [0.1, 0.15) is 23.0 Å². The van der Waals surface area contributed by atoms with Crippen molar-refractivity contribution < 1.29 is 13.9 Å². The Balaban J connectivity index is 2.57. The fourth-order valence-electron chi connectivity index (χ4n) is 2.00. The van der Waals surface area contributed by atoms with E-state index in [2.05, 4.69) is 0 Å². The lowest BCUT2D eigenvalue weighted by atomic mass is 10.2. The molecule has 0 aromatic carbocycles. The maximum Gasteiger partial charge on any atom is 0.339 e. The maximum absolute atomic E-state index is 11.6. The van der Waals surface area contributed by atoms with E-state index >= 15 is 0 Å². The van der Waals surface area contributed by atoms with Crippen molar-refractivity contribution in [2.24, 2.45) is 0 Å². The van der Waals surface area contributed by atoms with Crippen LogP contribution in [0, 0.1) is 6.92 Å². The largest absolute Gasteiger partial charge is 0.465 e. The average Bonchev–Trinajstić information content (AvgIpc) is 2.95. The standard InChI is InChI=1S/C13H15NO3/c1-4-14-9(2)10(13(15)16-3)8-11(14)12-6-5-7-17-12/h5-8H,4H2,1-3H3. The number of methoxy groups -OCH3 is 1. The van der Waals surface area contributed by atoms with E-state index in [1.807, 2.05) is 36.6 Å². The van der Waals surface area contributed by atoms with Gasteiger partial charge in [0.25, 0.3) is 0 Å². The highest BCUT2D eigenvalue weighted by Crippen LogP contribution is 2.26. The molecule has 0 atom stereocenters. The second-order valence-electron chi connectivity index (χ2n) is 3.74. The van der Waals surface area contributed by atoms with Crippen LogP contribution >= 0.6 is 0 Å². The van der Waals surface area contributed by atoms with Gasteiger partial charge in [0.2, 0.25) is 0 Å². The van der Waals surface area contributed by atoms with Crippen molar-refractivity contribution >= 4 is 5.97 Å². The number of nitrogens with zero attached hydrogens (tertiary/aromatic N) is 1. The van der Waals surface area contributed by atoms with Gasteiger partial charge in [-0.15, -0.1) is 0 Å². The molecule has 2 aromatic rings. The van der Waals surface area contributed by atoms with E-state index in [1.165, 1.54) is 7.11 Å². The van der Waals surface area contributed by atoms with Crippen molar-refractivity contribution in [3.8, 4) is 11.5 Å². The van der Waals surface area contributed by atoms with Crippen LogP contribution < -0.4 is 0 Å². The minimum atomic E-state index is -0.317. The van der Waals surface area contributed by atoms with Gasteiger partial charge in [0.05, 0.1) is 24.6 Å². The number of esters is 1. The number of carbonyl (C=O) groups is 1. The molecule has 0 aliphatic rings. The van der Waals surface area contributed by atoms with Crippen LogP contribution in [0.2, 0.25) is 0 Å². The van der Waals surface area contributed by atoms with Crippen molar-refractivity contribution in [3.63, 3.8) is 0 Å². The molecule has 2 rings (SSSR count). The molecule has 0 aliphatic carbocycles. The first kappa shape index (κ1) is 11.5. The van der Waals surface area contributed by atoms with Gasteiger partial charge in [-0.2, -0.15) is 0 Å². The minimum Gasteiger partial charge on any atom is -0.465 e. The van der Waals surface area contributed by atoms with Gasteiger partial charge in [0.15, 0.2) is 0 Å². The summed E-state index contributed by atoms with van der Waals surface area (Å²) in [5, 5.41) is 0. The summed E-state index contributed by atoms with van der Waals surface area (Å²) in [5.74, 6) is 0.438. The zero-order chi connectivity index (χ0) is 12.4. The van der Waals surface area contributed by atoms with Crippen molar-refractivity contribution in [2.75, 3.05) is 7.11 Å². The lowest BCUT2D eigenvalue weighted by Gasteiger charge is -2.06. The lowest BCUT2D eigenvalue weighted by molar-refractivity contribution is 0.0600. The molecule has 4 heteroatoms. The third-order valence-corrected chi connectivity index (χ3v) is 2.86. The topological polar surface area (TPSA) is 44.4 Å². The van der Waals surface area contributed by atoms with Crippen LogP contribution in [-0.2, 0) is 11.3 Å². The molecular formula is C13H15NO3.